The Labute approximate surface area is 86.0 Å². The molecule has 0 amide bonds. The third kappa shape index (κ3) is 2.45. The fourth-order valence-corrected chi connectivity index (χ4v) is 1.75. The molecule has 0 aliphatic rings. The van der Waals surface area contributed by atoms with E-state index in [2.05, 4.69) is 4.98 Å². The lowest BCUT2D eigenvalue weighted by atomic mass is 10.3. The van der Waals surface area contributed by atoms with E-state index in [-0.39, 0.29) is 10.0 Å². The SMILES string of the molecule is CS(=N)c1ncc(Cl)cc1C(F)(F)F. The van der Waals surface area contributed by atoms with Crippen molar-refractivity contribution in [2.45, 2.75) is 11.2 Å². The molecule has 0 radical (unpaired) electrons. The quantitative estimate of drug-likeness (QED) is 0.807. The van der Waals surface area contributed by atoms with E-state index in [0.29, 0.717) is 0 Å². The van der Waals surface area contributed by atoms with Gasteiger partial charge in [0, 0.05) is 6.20 Å². The molecule has 2 nitrogen and oxygen atoms in total. The predicted octanol–water partition coefficient (Wildman–Crippen LogP) is 3.12. The fourth-order valence-electron chi connectivity index (χ4n) is 0.874. The first kappa shape index (κ1) is 11.5. The highest BCUT2D eigenvalue weighted by atomic mass is 35.5. The molecule has 0 saturated carbocycles. The average Bonchev–Trinajstić information content (AvgIpc) is 2.01. The first-order chi connectivity index (χ1) is 6.32. The van der Waals surface area contributed by atoms with Gasteiger partial charge in [0.15, 0.2) is 0 Å². The highest BCUT2D eigenvalue weighted by Gasteiger charge is 2.34. The summed E-state index contributed by atoms with van der Waals surface area (Å²) in [6.07, 6.45) is -2.04. The van der Waals surface area contributed by atoms with Gasteiger partial charge in [-0.05, 0) is 12.3 Å². The van der Waals surface area contributed by atoms with Gasteiger partial charge in [0.2, 0.25) is 0 Å². The van der Waals surface area contributed by atoms with Crippen LogP contribution < -0.4 is 0 Å². The van der Waals surface area contributed by atoms with Crippen molar-refractivity contribution >= 4 is 22.3 Å². The van der Waals surface area contributed by atoms with Crippen LogP contribution in [0, 0.1) is 4.78 Å². The van der Waals surface area contributed by atoms with Crippen LogP contribution in [-0.2, 0) is 16.9 Å². The summed E-state index contributed by atoms with van der Waals surface area (Å²) in [5.74, 6) is 0. The third-order valence-electron chi connectivity index (χ3n) is 1.41. The lowest BCUT2D eigenvalue weighted by molar-refractivity contribution is -0.140. The summed E-state index contributed by atoms with van der Waals surface area (Å²) in [6.45, 7) is 0. The Hall–Kier alpha value is -0.620. The Balaban J connectivity index is 3.38. The van der Waals surface area contributed by atoms with Crippen LogP contribution in [0.25, 0.3) is 0 Å². The summed E-state index contributed by atoms with van der Waals surface area (Å²) in [5.41, 5.74) is -0.925. The minimum Gasteiger partial charge on any atom is -0.274 e. The smallest absolute Gasteiger partial charge is 0.274 e. The summed E-state index contributed by atoms with van der Waals surface area (Å²) in [7, 11) is -1.29. The molecular formula is C7H6ClF3N2S. The topological polar surface area (TPSA) is 36.7 Å². The Morgan fingerprint density at radius 2 is 2.07 bits per heavy atom. The Morgan fingerprint density at radius 1 is 1.50 bits per heavy atom. The van der Waals surface area contributed by atoms with Crippen molar-refractivity contribution in [3.8, 4) is 0 Å². The number of hydrogen-bond donors (Lipinski definition) is 1. The maximum Gasteiger partial charge on any atom is 0.419 e. The number of alkyl halides is 3. The summed E-state index contributed by atoms with van der Waals surface area (Å²) in [5, 5.41) is -0.353. The van der Waals surface area contributed by atoms with Crippen molar-refractivity contribution in [2.24, 2.45) is 0 Å². The zero-order valence-electron chi connectivity index (χ0n) is 7.02. The molecule has 0 bridgehead atoms. The summed E-state index contributed by atoms with van der Waals surface area (Å²) < 4.78 is 44.5. The highest BCUT2D eigenvalue weighted by Crippen LogP contribution is 2.33. The molecular weight excluding hydrogens is 237 g/mol. The van der Waals surface area contributed by atoms with Crippen LogP contribution >= 0.6 is 11.6 Å². The van der Waals surface area contributed by atoms with E-state index in [9.17, 15) is 13.2 Å². The van der Waals surface area contributed by atoms with Gasteiger partial charge in [-0.1, -0.05) is 22.3 Å². The average molecular weight is 243 g/mol. The van der Waals surface area contributed by atoms with Crippen LogP contribution in [0.4, 0.5) is 13.2 Å². The summed E-state index contributed by atoms with van der Waals surface area (Å²) >= 11 is 5.41. The van der Waals surface area contributed by atoms with Crippen LogP contribution in [0.3, 0.4) is 0 Å². The summed E-state index contributed by atoms with van der Waals surface area (Å²) in [6, 6.07) is 0.794. The first-order valence-corrected chi connectivity index (χ1v) is 5.43. The Kier molecular flexibility index (Phi) is 3.16. The molecule has 1 aromatic rings. The van der Waals surface area contributed by atoms with Gasteiger partial charge in [-0.25, -0.2) is 4.98 Å². The van der Waals surface area contributed by atoms with Gasteiger partial charge in [-0.3, -0.25) is 4.78 Å². The number of nitrogens with one attached hydrogen (secondary N) is 1. The molecule has 1 unspecified atom stereocenters. The minimum atomic E-state index is -4.50. The third-order valence-corrected chi connectivity index (χ3v) is 2.53. The molecule has 1 aromatic heterocycles. The van der Waals surface area contributed by atoms with E-state index >= 15 is 0 Å². The van der Waals surface area contributed by atoms with Crippen molar-refractivity contribution in [2.75, 3.05) is 6.26 Å². The van der Waals surface area contributed by atoms with Crippen LogP contribution in [0.1, 0.15) is 5.56 Å². The molecule has 7 heteroatoms. The van der Waals surface area contributed by atoms with E-state index < -0.39 is 22.4 Å². The Bertz CT molecular complexity index is 378. The molecule has 1 atom stereocenters. The normalized spacial score (nSPS) is 14.1. The second kappa shape index (κ2) is 3.86. The molecule has 0 aliphatic heterocycles. The van der Waals surface area contributed by atoms with E-state index in [0.717, 1.165) is 12.3 Å². The fraction of sp³-hybridized carbons (Fsp3) is 0.286. The molecule has 0 fully saturated rings. The van der Waals surface area contributed by atoms with Crippen molar-refractivity contribution in [1.82, 2.24) is 4.98 Å². The monoisotopic (exact) mass is 242 g/mol. The van der Waals surface area contributed by atoms with Crippen molar-refractivity contribution in [1.29, 1.82) is 4.78 Å². The Morgan fingerprint density at radius 3 is 2.50 bits per heavy atom. The zero-order chi connectivity index (χ0) is 10.9. The lowest BCUT2D eigenvalue weighted by Gasteiger charge is -2.11. The number of nitrogens with zero attached hydrogens (tertiary/aromatic N) is 1. The van der Waals surface area contributed by atoms with Gasteiger partial charge < -0.3 is 0 Å². The molecule has 0 saturated heterocycles. The minimum absolute atomic E-state index is 0.0773. The van der Waals surface area contributed by atoms with E-state index in [4.69, 9.17) is 16.4 Å². The second-order valence-corrected chi connectivity index (χ2v) is 4.36. The summed E-state index contributed by atoms with van der Waals surface area (Å²) in [4.78, 5) is 3.52. The van der Waals surface area contributed by atoms with Gasteiger partial charge >= 0.3 is 6.18 Å². The van der Waals surface area contributed by atoms with Crippen molar-refractivity contribution in [3.63, 3.8) is 0 Å². The van der Waals surface area contributed by atoms with Crippen LogP contribution in [0.5, 0.6) is 0 Å². The maximum absolute atomic E-state index is 12.4. The number of pyridine rings is 1. The van der Waals surface area contributed by atoms with Gasteiger partial charge in [0.05, 0.1) is 10.6 Å². The molecule has 0 aromatic carbocycles. The van der Waals surface area contributed by atoms with Crippen LogP contribution in [0.15, 0.2) is 17.3 Å². The molecule has 1 N–H and O–H groups in total. The van der Waals surface area contributed by atoms with E-state index in [1.807, 2.05) is 0 Å². The van der Waals surface area contributed by atoms with Crippen LogP contribution in [-0.4, -0.2) is 11.2 Å². The molecule has 1 heterocycles. The maximum atomic E-state index is 12.4. The zero-order valence-corrected chi connectivity index (χ0v) is 8.59. The molecule has 0 aliphatic carbocycles. The molecule has 78 valence electrons. The number of halogens is 4. The van der Waals surface area contributed by atoms with Gasteiger partial charge in [-0.2, -0.15) is 13.2 Å². The molecule has 14 heavy (non-hydrogen) atoms. The molecule has 0 spiro atoms. The van der Waals surface area contributed by atoms with Crippen molar-refractivity contribution in [3.05, 3.63) is 22.8 Å². The standard InChI is InChI=1S/C7H6ClF3N2S/c1-14(12)6-5(7(9,10)11)2-4(8)3-13-6/h2-3,12H,1H3. The number of rotatable bonds is 1. The van der Waals surface area contributed by atoms with E-state index in [1.165, 1.54) is 6.26 Å². The lowest BCUT2D eigenvalue weighted by Crippen LogP contribution is -2.10. The number of hydrogen-bond acceptors (Lipinski definition) is 2. The molecule has 1 rings (SSSR count). The van der Waals surface area contributed by atoms with E-state index in [1.54, 1.807) is 0 Å². The second-order valence-electron chi connectivity index (χ2n) is 2.51. The van der Waals surface area contributed by atoms with Gasteiger partial charge in [0.25, 0.3) is 0 Å². The van der Waals surface area contributed by atoms with Gasteiger partial charge in [-0.15, -0.1) is 0 Å². The van der Waals surface area contributed by atoms with Crippen LogP contribution in [0.2, 0.25) is 5.02 Å². The van der Waals surface area contributed by atoms with Gasteiger partial charge in [0.1, 0.15) is 5.03 Å². The van der Waals surface area contributed by atoms with Crippen molar-refractivity contribution < 1.29 is 13.2 Å². The largest absolute Gasteiger partial charge is 0.419 e. The first-order valence-electron chi connectivity index (χ1n) is 3.42. The highest BCUT2D eigenvalue weighted by molar-refractivity contribution is 7.85. The number of aromatic nitrogens is 1. The predicted molar refractivity (Wildman–Crippen MR) is 48.5 cm³/mol.